The van der Waals surface area contributed by atoms with Gasteiger partial charge < -0.3 is 14.2 Å². The highest BCUT2D eigenvalue weighted by Crippen LogP contribution is 2.26. The lowest BCUT2D eigenvalue weighted by Crippen LogP contribution is -2.35. The van der Waals surface area contributed by atoms with Crippen molar-refractivity contribution in [1.29, 1.82) is 0 Å². The van der Waals surface area contributed by atoms with E-state index in [2.05, 4.69) is 0 Å². The maximum absolute atomic E-state index is 12.3. The molecule has 0 amide bonds. The number of rotatable bonds is 5. The minimum Gasteiger partial charge on any atom is -0.460 e. The van der Waals surface area contributed by atoms with E-state index in [1.165, 1.54) is 0 Å². The van der Waals surface area contributed by atoms with Gasteiger partial charge in [0, 0.05) is 19.6 Å². The molecule has 0 aromatic carbocycles. The van der Waals surface area contributed by atoms with E-state index in [-0.39, 0.29) is 23.8 Å². The van der Waals surface area contributed by atoms with E-state index >= 15 is 0 Å². The molecule has 0 N–H and O–H groups in total. The van der Waals surface area contributed by atoms with Crippen molar-refractivity contribution < 1.29 is 23.8 Å². The highest BCUT2D eigenvalue weighted by molar-refractivity contribution is 5.83. The Morgan fingerprint density at radius 2 is 1.70 bits per heavy atom. The van der Waals surface area contributed by atoms with Gasteiger partial charge in [0.1, 0.15) is 11.7 Å². The molecule has 2 atom stereocenters. The smallest absolute Gasteiger partial charge is 0.306 e. The summed E-state index contributed by atoms with van der Waals surface area (Å²) in [4.78, 5) is 24.2. The summed E-state index contributed by atoms with van der Waals surface area (Å²) < 4.78 is 16.4. The summed E-state index contributed by atoms with van der Waals surface area (Å²) in [6.07, 6.45) is 4.20. The molecule has 0 aliphatic carbocycles. The van der Waals surface area contributed by atoms with Crippen molar-refractivity contribution in [1.82, 2.24) is 0 Å². The van der Waals surface area contributed by atoms with Gasteiger partial charge >= 0.3 is 5.97 Å². The monoisotopic (exact) mass is 326 g/mol. The molecule has 0 bridgehead atoms. The van der Waals surface area contributed by atoms with Gasteiger partial charge in [-0.3, -0.25) is 9.59 Å². The Bertz CT molecular complexity index is 398. The molecule has 0 spiro atoms. The number of esters is 1. The Labute approximate surface area is 139 Å². The topological polar surface area (TPSA) is 61.8 Å². The van der Waals surface area contributed by atoms with E-state index in [1.807, 2.05) is 20.8 Å². The van der Waals surface area contributed by atoms with Crippen molar-refractivity contribution in [2.75, 3.05) is 19.8 Å². The molecular formula is C18H30O5. The van der Waals surface area contributed by atoms with Crippen LogP contribution < -0.4 is 0 Å². The molecule has 2 aliphatic heterocycles. The first-order chi connectivity index (χ1) is 10.8. The fourth-order valence-electron chi connectivity index (χ4n) is 3.21. The minimum atomic E-state index is -0.450. The molecule has 0 unspecified atom stereocenters. The van der Waals surface area contributed by atoms with E-state index in [4.69, 9.17) is 14.2 Å². The summed E-state index contributed by atoms with van der Waals surface area (Å²) in [7, 11) is 0. The highest BCUT2D eigenvalue weighted by atomic mass is 16.6. The quantitative estimate of drug-likeness (QED) is 0.727. The van der Waals surface area contributed by atoms with Crippen molar-refractivity contribution >= 4 is 11.8 Å². The molecule has 132 valence electrons. The van der Waals surface area contributed by atoms with Crippen LogP contribution in [0.15, 0.2) is 0 Å². The fourth-order valence-corrected chi connectivity index (χ4v) is 3.21. The Hall–Kier alpha value is -0.940. The number of carbonyl (C=O) groups is 2. The molecular weight excluding hydrogens is 296 g/mol. The molecule has 0 aromatic rings. The Balaban J connectivity index is 1.68. The van der Waals surface area contributed by atoms with E-state index in [0.717, 1.165) is 38.9 Å². The Morgan fingerprint density at radius 3 is 2.26 bits per heavy atom. The first-order valence-corrected chi connectivity index (χ1v) is 8.77. The lowest BCUT2D eigenvalue weighted by Gasteiger charge is -2.30. The first kappa shape index (κ1) is 18.4. The third kappa shape index (κ3) is 6.60. The van der Waals surface area contributed by atoms with Crippen LogP contribution in [-0.4, -0.2) is 43.3 Å². The van der Waals surface area contributed by atoms with Crippen LogP contribution in [-0.2, 0) is 23.8 Å². The second-order valence-electron chi connectivity index (χ2n) is 7.78. The third-order valence-corrected chi connectivity index (χ3v) is 4.44. The molecule has 2 saturated heterocycles. The van der Waals surface area contributed by atoms with Crippen LogP contribution >= 0.6 is 0 Å². The molecule has 2 fully saturated rings. The molecule has 5 nitrogen and oxygen atoms in total. The maximum atomic E-state index is 12.3. The SMILES string of the molecule is CC(C)(C)OC(=O)C[C@@H]1CC[C@@H](C(=O)CC2CCOCC2)OC1. The van der Waals surface area contributed by atoms with Crippen molar-refractivity contribution in [2.24, 2.45) is 11.8 Å². The van der Waals surface area contributed by atoms with E-state index < -0.39 is 5.60 Å². The number of carbonyl (C=O) groups excluding carboxylic acids is 2. The summed E-state index contributed by atoms with van der Waals surface area (Å²) in [6.45, 7) is 7.61. The van der Waals surface area contributed by atoms with E-state index in [9.17, 15) is 9.59 Å². The normalized spacial score (nSPS) is 26.7. The van der Waals surface area contributed by atoms with Gasteiger partial charge in [-0.1, -0.05) is 0 Å². The summed E-state index contributed by atoms with van der Waals surface area (Å²) >= 11 is 0. The summed E-state index contributed by atoms with van der Waals surface area (Å²) in [5.74, 6) is 0.641. The third-order valence-electron chi connectivity index (χ3n) is 4.44. The van der Waals surface area contributed by atoms with Gasteiger partial charge in [-0.25, -0.2) is 0 Å². The predicted molar refractivity (Wildman–Crippen MR) is 86.1 cm³/mol. The molecule has 2 aliphatic rings. The highest BCUT2D eigenvalue weighted by Gasteiger charge is 2.30. The van der Waals surface area contributed by atoms with Gasteiger partial charge in [-0.05, 0) is 58.3 Å². The number of ether oxygens (including phenoxy) is 3. The van der Waals surface area contributed by atoms with Crippen LogP contribution in [0.3, 0.4) is 0 Å². The molecule has 2 heterocycles. The van der Waals surface area contributed by atoms with Crippen molar-refractivity contribution in [3.63, 3.8) is 0 Å². The molecule has 2 rings (SSSR count). The van der Waals surface area contributed by atoms with Crippen LogP contribution in [0.2, 0.25) is 0 Å². The number of ketones is 1. The van der Waals surface area contributed by atoms with Crippen molar-refractivity contribution in [3.05, 3.63) is 0 Å². The van der Waals surface area contributed by atoms with Crippen molar-refractivity contribution in [2.45, 2.75) is 71.0 Å². The largest absolute Gasteiger partial charge is 0.460 e. The first-order valence-electron chi connectivity index (χ1n) is 8.77. The van der Waals surface area contributed by atoms with Crippen LogP contribution in [0.25, 0.3) is 0 Å². The molecule has 0 saturated carbocycles. The van der Waals surface area contributed by atoms with Gasteiger partial charge in [0.15, 0.2) is 5.78 Å². The zero-order valence-corrected chi connectivity index (χ0v) is 14.6. The van der Waals surface area contributed by atoms with Crippen LogP contribution in [0, 0.1) is 11.8 Å². The lowest BCUT2D eigenvalue weighted by atomic mass is 9.88. The van der Waals surface area contributed by atoms with Gasteiger partial charge in [-0.15, -0.1) is 0 Å². The number of Topliss-reactive ketones (excluding diaryl/α,β-unsaturated/α-hetero) is 1. The zero-order chi connectivity index (χ0) is 16.9. The zero-order valence-electron chi connectivity index (χ0n) is 14.6. The van der Waals surface area contributed by atoms with E-state index in [1.54, 1.807) is 0 Å². The summed E-state index contributed by atoms with van der Waals surface area (Å²) in [6, 6.07) is 0. The van der Waals surface area contributed by atoms with Crippen molar-refractivity contribution in [3.8, 4) is 0 Å². The molecule has 23 heavy (non-hydrogen) atoms. The number of hydrogen-bond donors (Lipinski definition) is 0. The standard InChI is InChI=1S/C18H30O5/c1-18(2,3)23-17(20)11-14-4-5-16(22-12-14)15(19)10-13-6-8-21-9-7-13/h13-14,16H,4-12H2,1-3H3/t14-,16-/m0/s1. The van der Waals surface area contributed by atoms with E-state index in [0.29, 0.717) is 25.4 Å². The molecule has 0 aromatic heterocycles. The molecule has 5 heteroatoms. The second-order valence-corrected chi connectivity index (χ2v) is 7.78. The fraction of sp³-hybridized carbons (Fsp3) is 0.889. The minimum absolute atomic E-state index is 0.164. The van der Waals surface area contributed by atoms with Gasteiger partial charge in [0.05, 0.1) is 13.0 Å². The average molecular weight is 326 g/mol. The van der Waals surface area contributed by atoms with Crippen LogP contribution in [0.5, 0.6) is 0 Å². The average Bonchev–Trinajstić information content (AvgIpc) is 2.47. The predicted octanol–water partition coefficient (Wildman–Crippen LogP) is 2.90. The lowest BCUT2D eigenvalue weighted by molar-refractivity contribution is -0.158. The van der Waals surface area contributed by atoms with Gasteiger partial charge in [0.2, 0.25) is 0 Å². The van der Waals surface area contributed by atoms with Gasteiger partial charge in [0.25, 0.3) is 0 Å². The number of hydrogen-bond acceptors (Lipinski definition) is 5. The summed E-state index contributed by atoms with van der Waals surface area (Å²) in [5.41, 5.74) is -0.450. The Morgan fingerprint density at radius 1 is 1.00 bits per heavy atom. The maximum Gasteiger partial charge on any atom is 0.306 e. The van der Waals surface area contributed by atoms with Crippen LogP contribution in [0.4, 0.5) is 0 Å². The van der Waals surface area contributed by atoms with Gasteiger partial charge in [-0.2, -0.15) is 0 Å². The second kappa shape index (κ2) is 8.25. The van der Waals surface area contributed by atoms with Crippen LogP contribution in [0.1, 0.15) is 59.3 Å². The Kier molecular flexibility index (Phi) is 6.60. The molecule has 0 radical (unpaired) electrons. The summed E-state index contributed by atoms with van der Waals surface area (Å²) in [5, 5.41) is 0.